The number of carbonyl (C=O) groups is 1. The average Bonchev–Trinajstić information content (AvgIpc) is 2.33. The molecule has 1 rings (SSSR count). The highest BCUT2D eigenvalue weighted by molar-refractivity contribution is 7.80. The van der Waals surface area contributed by atoms with Gasteiger partial charge in [0, 0.05) is 11.3 Å². The topological polar surface area (TPSA) is 55.1 Å². The number of thiocarbonyl (C=S) groups is 1. The summed E-state index contributed by atoms with van der Waals surface area (Å²) in [6, 6.07) is 4.53. The fourth-order valence-corrected chi connectivity index (χ4v) is 1.69. The molecule has 1 amide bonds. The van der Waals surface area contributed by atoms with Crippen LogP contribution < -0.4 is 11.1 Å². The van der Waals surface area contributed by atoms with Gasteiger partial charge in [0.2, 0.25) is 5.91 Å². The molecule has 1 atom stereocenters. The van der Waals surface area contributed by atoms with E-state index in [0.29, 0.717) is 17.7 Å². The van der Waals surface area contributed by atoms with Crippen LogP contribution in [0.25, 0.3) is 0 Å². The fourth-order valence-electron chi connectivity index (χ4n) is 1.45. The van der Waals surface area contributed by atoms with Crippen molar-refractivity contribution < 1.29 is 9.18 Å². The first kappa shape index (κ1) is 14.6. The van der Waals surface area contributed by atoms with Crippen LogP contribution in [0, 0.1) is 18.2 Å². The van der Waals surface area contributed by atoms with E-state index in [2.05, 4.69) is 5.32 Å². The van der Waals surface area contributed by atoms with E-state index in [9.17, 15) is 9.18 Å². The van der Waals surface area contributed by atoms with Gasteiger partial charge in [0.25, 0.3) is 0 Å². The lowest BCUT2D eigenvalue weighted by molar-refractivity contribution is -0.121. The van der Waals surface area contributed by atoms with Crippen molar-refractivity contribution in [1.29, 1.82) is 0 Å². The number of halogens is 1. The van der Waals surface area contributed by atoms with E-state index in [-0.39, 0.29) is 16.7 Å². The number of nitrogens with one attached hydrogen (secondary N) is 1. The minimum atomic E-state index is -0.923. The lowest BCUT2D eigenvalue weighted by atomic mass is 9.86. The third-order valence-corrected chi connectivity index (χ3v) is 3.72. The Bertz CT molecular complexity index is 490. The number of hydrogen-bond acceptors (Lipinski definition) is 2. The molecule has 1 unspecified atom stereocenters. The van der Waals surface area contributed by atoms with E-state index in [1.54, 1.807) is 26.0 Å². The molecule has 3 N–H and O–H groups in total. The summed E-state index contributed by atoms with van der Waals surface area (Å²) >= 11 is 4.92. The number of hydrogen-bond donors (Lipinski definition) is 2. The molecule has 1 aromatic carbocycles. The molecule has 0 saturated heterocycles. The fraction of sp³-hybridized carbons (Fsp3) is 0.385. The summed E-state index contributed by atoms with van der Waals surface area (Å²) in [5, 5.41) is 2.68. The number of nitrogens with two attached hydrogens (primary N) is 1. The first-order chi connectivity index (χ1) is 8.32. The Morgan fingerprint density at radius 3 is 2.67 bits per heavy atom. The van der Waals surface area contributed by atoms with Crippen LogP contribution in [-0.4, -0.2) is 10.9 Å². The van der Waals surface area contributed by atoms with Crippen molar-refractivity contribution >= 4 is 28.8 Å². The van der Waals surface area contributed by atoms with Gasteiger partial charge in [-0.3, -0.25) is 4.79 Å². The van der Waals surface area contributed by atoms with Crippen LogP contribution in [0.4, 0.5) is 10.1 Å². The van der Waals surface area contributed by atoms with Gasteiger partial charge >= 0.3 is 0 Å². The Balaban J connectivity index is 3.01. The Morgan fingerprint density at radius 1 is 1.56 bits per heavy atom. The highest BCUT2D eigenvalue weighted by atomic mass is 32.1. The van der Waals surface area contributed by atoms with Gasteiger partial charge in [-0.1, -0.05) is 25.2 Å². The van der Waals surface area contributed by atoms with E-state index in [1.807, 2.05) is 6.92 Å². The van der Waals surface area contributed by atoms with Crippen molar-refractivity contribution in [2.45, 2.75) is 27.2 Å². The van der Waals surface area contributed by atoms with Crippen LogP contribution in [-0.2, 0) is 4.79 Å². The van der Waals surface area contributed by atoms with Crippen molar-refractivity contribution in [3.63, 3.8) is 0 Å². The molecule has 0 aliphatic rings. The van der Waals surface area contributed by atoms with Crippen LogP contribution in [0.1, 0.15) is 25.8 Å². The molecule has 0 aromatic heterocycles. The van der Waals surface area contributed by atoms with Gasteiger partial charge in [-0.15, -0.1) is 0 Å². The maximum atomic E-state index is 13.4. The lowest BCUT2D eigenvalue weighted by Gasteiger charge is -2.25. The second kappa shape index (κ2) is 5.44. The lowest BCUT2D eigenvalue weighted by Crippen LogP contribution is -2.43. The zero-order valence-electron chi connectivity index (χ0n) is 10.7. The SMILES string of the molecule is CCC(C)(C(=O)Nc1cccc(F)c1C)C(N)=S. The third kappa shape index (κ3) is 2.67. The highest BCUT2D eigenvalue weighted by Crippen LogP contribution is 2.25. The summed E-state index contributed by atoms with van der Waals surface area (Å²) in [6.07, 6.45) is 0.489. The quantitative estimate of drug-likeness (QED) is 0.826. The maximum Gasteiger partial charge on any atom is 0.237 e. The summed E-state index contributed by atoms with van der Waals surface area (Å²) in [6.45, 7) is 5.12. The van der Waals surface area contributed by atoms with Crippen LogP contribution in [0.3, 0.4) is 0 Å². The molecule has 0 radical (unpaired) electrons. The smallest absolute Gasteiger partial charge is 0.237 e. The number of benzene rings is 1. The molecule has 5 heteroatoms. The molecule has 0 spiro atoms. The van der Waals surface area contributed by atoms with E-state index in [1.165, 1.54) is 6.07 Å². The molecule has 0 aliphatic heterocycles. The monoisotopic (exact) mass is 268 g/mol. The van der Waals surface area contributed by atoms with Crippen molar-refractivity contribution in [3.8, 4) is 0 Å². The Hall–Kier alpha value is -1.49. The summed E-state index contributed by atoms with van der Waals surface area (Å²) in [5.74, 6) is -0.674. The van der Waals surface area contributed by atoms with Gasteiger partial charge < -0.3 is 11.1 Å². The molecule has 0 fully saturated rings. The van der Waals surface area contributed by atoms with Crippen molar-refractivity contribution in [2.24, 2.45) is 11.1 Å². The van der Waals surface area contributed by atoms with Crippen LogP contribution in [0.15, 0.2) is 18.2 Å². The molecule has 18 heavy (non-hydrogen) atoms. The van der Waals surface area contributed by atoms with Gasteiger partial charge in [0.15, 0.2) is 0 Å². The van der Waals surface area contributed by atoms with Crippen molar-refractivity contribution in [1.82, 2.24) is 0 Å². The predicted octanol–water partition coefficient (Wildman–Crippen LogP) is 2.78. The Kier molecular flexibility index (Phi) is 4.40. The second-order valence-electron chi connectivity index (χ2n) is 4.42. The molecule has 0 bridgehead atoms. The van der Waals surface area contributed by atoms with Gasteiger partial charge in [0.1, 0.15) is 5.82 Å². The van der Waals surface area contributed by atoms with E-state index >= 15 is 0 Å². The van der Waals surface area contributed by atoms with Gasteiger partial charge in [-0.25, -0.2) is 4.39 Å². The van der Waals surface area contributed by atoms with Gasteiger partial charge in [0.05, 0.1) is 10.4 Å². The van der Waals surface area contributed by atoms with Gasteiger partial charge in [-0.2, -0.15) is 0 Å². The molecule has 0 heterocycles. The second-order valence-corrected chi connectivity index (χ2v) is 4.86. The predicted molar refractivity (Wildman–Crippen MR) is 75.0 cm³/mol. The molecule has 1 aromatic rings. The summed E-state index contributed by atoms with van der Waals surface area (Å²) in [5.41, 5.74) is 5.51. The average molecular weight is 268 g/mol. The minimum Gasteiger partial charge on any atom is -0.392 e. The molecule has 98 valence electrons. The number of anilines is 1. The van der Waals surface area contributed by atoms with Crippen LogP contribution in [0.5, 0.6) is 0 Å². The van der Waals surface area contributed by atoms with E-state index in [4.69, 9.17) is 18.0 Å². The highest BCUT2D eigenvalue weighted by Gasteiger charge is 2.34. The number of carbonyl (C=O) groups excluding carboxylic acids is 1. The van der Waals surface area contributed by atoms with E-state index < -0.39 is 5.41 Å². The third-order valence-electron chi connectivity index (χ3n) is 3.27. The summed E-state index contributed by atoms with van der Waals surface area (Å²) in [7, 11) is 0. The van der Waals surface area contributed by atoms with Crippen LogP contribution in [0.2, 0.25) is 0 Å². The van der Waals surface area contributed by atoms with Crippen molar-refractivity contribution in [2.75, 3.05) is 5.32 Å². The first-order valence-electron chi connectivity index (χ1n) is 5.69. The Morgan fingerprint density at radius 2 is 2.17 bits per heavy atom. The number of rotatable bonds is 4. The summed E-state index contributed by atoms with van der Waals surface area (Å²) < 4.78 is 13.4. The Labute approximate surface area is 112 Å². The van der Waals surface area contributed by atoms with E-state index in [0.717, 1.165) is 0 Å². The molecule has 0 aliphatic carbocycles. The first-order valence-corrected chi connectivity index (χ1v) is 6.10. The zero-order chi connectivity index (χ0) is 13.9. The normalized spacial score (nSPS) is 13.8. The molecule has 3 nitrogen and oxygen atoms in total. The zero-order valence-corrected chi connectivity index (χ0v) is 11.5. The summed E-state index contributed by atoms with van der Waals surface area (Å²) in [4.78, 5) is 12.3. The molecular formula is C13H17FN2OS. The standard InChI is InChI=1S/C13H17FN2OS/c1-4-13(3,11(15)18)12(17)16-10-7-5-6-9(14)8(10)2/h5-7H,4H2,1-3H3,(H2,15,18)(H,16,17). The largest absolute Gasteiger partial charge is 0.392 e. The van der Waals surface area contributed by atoms with Crippen molar-refractivity contribution in [3.05, 3.63) is 29.6 Å². The maximum absolute atomic E-state index is 13.4. The molecule has 0 saturated carbocycles. The minimum absolute atomic E-state index is 0.136. The molecular weight excluding hydrogens is 251 g/mol. The van der Waals surface area contributed by atoms with Gasteiger partial charge in [-0.05, 0) is 32.4 Å². The number of amides is 1. The van der Waals surface area contributed by atoms with Crippen LogP contribution >= 0.6 is 12.2 Å².